The molecule has 0 amide bonds. The first kappa shape index (κ1) is 13.5. The first-order valence-corrected chi connectivity index (χ1v) is 7.13. The number of aliphatic hydroxyl groups is 1. The Balaban J connectivity index is 1.93. The maximum atomic E-state index is 9.36. The van der Waals surface area contributed by atoms with Gasteiger partial charge in [-0.3, -0.25) is 0 Å². The van der Waals surface area contributed by atoms with E-state index in [4.69, 9.17) is 5.73 Å². The van der Waals surface area contributed by atoms with E-state index in [9.17, 15) is 5.11 Å². The monoisotopic (exact) mass is 314 g/mol. The standard InChI is InChI=1S/C12H19BrN4O/c13-10-5-11(14)17-12(16-10)15-6-8-3-1-2-4-9(8)7-18/h5,8-9,18H,1-4,6-7H2,(H3,14,15,16,17). The highest BCUT2D eigenvalue weighted by atomic mass is 79.9. The third kappa shape index (κ3) is 3.55. The summed E-state index contributed by atoms with van der Waals surface area (Å²) in [5, 5.41) is 12.6. The first-order chi connectivity index (χ1) is 8.69. The van der Waals surface area contributed by atoms with E-state index < -0.39 is 0 Å². The summed E-state index contributed by atoms with van der Waals surface area (Å²) in [6.45, 7) is 1.06. The van der Waals surface area contributed by atoms with E-state index in [2.05, 4.69) is 31.2 Å². The number of nitrogens with zero attached hydrogens (tertiary/aromatic N) is 2. The van der Waals surface area contributed by atoms with Crippen molar-refractivity contribution in [2.75, 3.05) is 24.2 Å². The number of nitrogens with one attached hydrogen (secondary N) is 1. The Morgan fingerprint density at radius 3 is 2.72 bits per heavy atom. The van der Waals surface area contributed by atoms with Crippen molar-refractivity contribution in [2.45, 2.75) is 25.7 Å². The Labute approximate surface area is 115 Å². The maximum absolute atomic E-state index is 9.36. The molecule has 1 aliphatic carbocycles. The van der Waals surface area contributed by atoms with E-state index in [0.717, 1.165) is 19.4 Å². The fraction of sp³-hybridized carbons (Fsp3) is 0.667. The molecule has 2 unspecified atom stereocenters. The van der Waals surface area contributed by atoms with Crippen molar-refractivity contribution >= 4 is 27.7 Å². The Kier molecular flexibility index (Phi) is 4.77. The molecule has 0 aliphatic heterocycles. The van der Waals surface area contributed by atoms with Gasteiger partial charge in [0.25, 0.3) is 0 Å². The minimum absolute atomic E-state index is 0.272. The van der Waals surface area contributed by atoms with Crippen LogP contribution in [0.2, 0.25) is 0 Å². The van der Waals surface area contributed by atoms with Crippen LogP contribution in [0.25, 0.3) is 0 Å². The minimum Gasteiger partial charge on any atom is -0.396 e. The molecule has 1 aliphatic rings. The largest absolute Gasteiger partial charge is 0.396 e. The lowest BCUT2D eigenvalue weighted by molar-refractivity contribution is 0.141. The minimum atomic E-state index is 0.272. The van der Waals surface area contributed by atoms with Gasteiger partial charge in [-0.15, -0.1) is 0 Å². The molecule has 5 nitrogen and oxygen atoms in total. The summed E-state index contributed by atoms with van der Waals surface area (Å²) in [6, 6.07) is 1.67. The van der Waals surface area contributed by atoms with Crippen molar-refractivity contribution in [1.29, 1.82) is 0 Å². The highest BCUT2D eigenvalue weighted by Gasteiger charge is 2.24. The van der Waals surface area contributed by atoms with Gasteiger partial charge in [0.2, 0.25) is 5.95 Å². The molecule has 0 saturated heterocycles. The van der Waals surface area contributed by atoms with Gasteiger partial charge in [0.1, 0.15) is 10.4 Å². The number of hydrogen-bond acceptors (Lipinski definition) is 5. The zero-order chi connectivity index (χ0) is 13.0. The molecule has 0 aromatic carbocycles. The molecule has 0 bridgehead atoms. The average Bonchev–Trinajstić information content (AvgIpc) is 2.35. The molecular weight excluding hydrogens is 296 g/mol. The van der Waals surface area contributed by atoms with E-state index >= 15 is 0 Å². The summed E-state index contributed by atoms with van der Waals surface area (Å²) >= 11 is 3.29. The molecule has 0 radical (unpaired) electrons. The van der Waals surface area contributed by atoms with Gasteiger partial charge < -0.3 is 16.2 Å². The Morgan fingerprint density at radius 2 is 2.06 bits per heavy atom. The smallest absolute Gasteiger partial charge is 0.225 e. The molecule has 1 heterocycles. The van der Waals surface area contributed by atoms with Crippen LogP contribution in [-0.4, -0.2) is 28.2 Å². The van der Waals surface area contributed by atoms with E-state index in [-0.39, 0.29) is 6.61 Å². The van der Waals surface area contributed by atoms with Crippen LogP contribution in [0.1, 0.15) is 25.7 Å². The summed E-state index contributed by atoms with van der Waals surface area (Å²) in [7, 11) is 0. The van der Waals surface area contributed by atoms with E-state index in [1.807, 2.05) is 0 Å². The number of rotatable bonds is 4. The topological polar surface area (TPSA) is 84.1 Å². The van der Waals surface area contributed by atoms with Crippen LogP contribution in [0.15, 0.2) is 10.7 Å². The molecule has 1 aromatic heterocycles. The fourth-order valence-electron chi connectivity index (χ4n) is 2.53. The molecule has 6 heteroatoms. The second kappa shape index (κ2) is 6.33. The molecule has 0 spiro atoms. The number of anilines is 2. The quantitative estimate of drug-likeness (QED) is 0.741. The van der Waals surface area contributed by atoms with Crippen LogP contribution in [0.4, 0.5) is 11.8 Å². The molecule has 1 aromatic rings. The summed E-state index contributed by atoms with van der Waals surface area (Å²) in [5.41, 5.74) is 5.66. The lowest BCUT2D eigenvalue weighted by Crippen LogP contribution is -2.29. The molecule has 100 valence electrons. The molecule has 18 heavy (non-hydrogen) atoms. The van der Waals surface area contributed by atoms with Gasteiger partial charge in [-0.05, 0) is 40.6 Å². The summed E-state index contributed by atoms with van der Waals surface area (Å²) < 4.78 is 0.680. The number of halogens is 1. The van der Waals surface area contributed by atoms with Crippen molar-refractivity contribution in [2.24, 2.45) is 11.8 Å². The van der Waals surface area contributed by atoms with Gasteiger partial charge in [0.15, 0.2) is 0 Å². The van der Waals surface area contributed by atoms with Gasteiger partial charge in [-0.1, -0.05) is 12.8 Å². The molecule has 1 fully saturated rings. The summed E-state index contributed by atoms with van der Waals surface area (Å²) in [6.07, 6.45) is 4.73. The zero-order valence-corrected chi connectivity index (χ0v) is 11.9. The molecule has 4 N–H and O–H groups in total. The lowest BCUT2D eigenvalue weighted by atomic mass is 9.80. The van der Waals surface area contributed by atoms with Crippen molar-refractivity contribution in [3.05, 3.63) is 10.7 Å². The maximum Gasteiger partial charge on any atom is 0.225 e. The molecule has 1 saturated carbocycles. The van der Waals surface area contributed by atoms with Crippen LogP contribution in [0.5, 0.6) is 0 Å². The van der Waals surface area contributed by atoms with Crippen molar-refractivity contribution in [1.82, 2.24) is 9.97 Å². The van der Waals surface area contributed by atoms with Crippen molar-refractivity contribution in [3.63, 3.8) is 0 Å². The van der Waals surface area contributed by atoms with Gasteiger partial charge in [0, 0.05) is 19.2 Å². The highest BCUT2D eigenvalue weighted by molar-refractivity contribution is 9.10. The third-order valence-corrected chi connectivity index (χ3v) is 3.94. The number of nitrogens with two attached hydrogens (primary N) is 1. The van der Waals surface area contributed by atoms with Crippen molar-refractivity contribution in [3.8, 4) is 0 Å². The van der Waals surface area contributed by atoms with E-state index in [1.54, 1.807) is 6.07 Å². The van der Waals surface area contributed by atoms with Gasteiger partial charge in [0.05, 0.1) is 0 Å². The van der Waals surface area contributed by atoms with Crippen LogP contribution >= 0.6 is 15.9 Å². The van der Waals surface area contributed by atoms with Crippen molar-refractivity contribution < 1.29 is 5.11 Å². The van der Waals surface area contributed by atoms with Crippen LogP contribution < -0.4 is 11.1 Å². The van der Waals surface area contributed by atoms with E-state index in [0.29, 0.717) is 28.2 Å². The molecule has 2 atom stereocenters. The van der Waals surface area contributed by atoms with Gasteiger partial charge in [-0.25, -0.2) is 4.98 Å². The predicted octanol–water partition coefficient (Wildman–Crippen LogP) is 2.03. The summed E-state index contributed by atoms with van der Waals surface area (Å²) in [4.78, 5) is 8.35. The average molecular weight is 315 g/mol. The Bertz CT molecular complexity index is 381. The molecule has 2 rings (SSSR count). The first-order valence-electron chi connectivity index (χ1n) is 6.34. The number of aliphatic hydroxyl groups excluding tert-OH is 1. The summed E-state index contributed by atoms with van der Waals surface area (Å²) in [5.74, 6) is 1.88. The highest BCUT2D eigenvalue weighted by Crippen LogP contribution is 2.29. The zero-order valence-electron chi connectivity index (χ0n) is 10.3. The van der Waals surface area contributed by atoms with E-state index in [1.165, 1.54) is 12.8 Å². The lowest BCUT2D eigenvalue weighted by Gasteiger charge is -2.30. The van der Waals surface area contributed by atoms with Crippen LogP contribution in [-0.2, 0) is 0 Å². The molecular formula is C12H19BrN4O. The van der Waals surface area contributed by atoms with Crippen LogP contribution in [0, 0.1) is 11.8 Å². The number of nitrogen functional groups attached to an aromatic ring is 1. The Hall–Kier alpha value is -0.880. The number of aromatic nitrogens is 2. The van der Waals surface area contributed by atoms with Gasteiger partial charge >= 0.3 is 0 Å². The SMILES string of the molecule is Nc1cc(Br)nc(NCC2CCCCC2CO)n1. The third-order valence-electron chi connectivity index (χ3n) is 3.54. The second-order valence-electron chi connectivity index (χ2n) is 4.81. The van der Waals surface area contributed by atoms with Crippen LogP contribution in [0.3, 0.4) is 0 Å². The number of hydrogen-bond donors (Lipinski definition) is 3. The Morgan fingerprint density at radius 1 is 1.33 bits per heavy atom. The fourth-order valence-corrected chi connectivity index (χ4v) is 2.93. The second-order valence-corrected chi connectivity index (χ2v) is 5.62. The normalized spacial score (nSPS) is 23.9. The van der Waals surface area contributed by atoms with Gasteiger partial charge in [-0.2, -0.15) is 4.98 Å². The predicted molar refractivity (Wildman–Crippen MR) is 75.2 cm³/mol.